The van der Waals surface area contributed by atoms with Crippen molar-refractivity contribution >= 4 is 99.0 Å². The van der Waals surface area contributed by atoms with Crippen molar-refractivity contribution in [2.45, 2.75) is 139 Å². The van der Waals surface area contributed by atoms with E-state index in [2.05, 4.69) is 4.99 Å². The fourth-order valence-corrected chi connectivity index (χ4v) is 13.7. The van der Waals surface area contributed by atoms with Gasteiger partial charge in [-0.3, -0.25) is 81.6 Å². The molecule has 2 fully saturated rings. The van der Waals surface area contributed by atoms with Crippen LogP contribution >= 0.6 is 0 Å². The Labute approximate surface area is 607 Å². The van der Waals surface area contributed by atoms with Gasteiger partial charge in [0.2, 0.25) is 23.6 Å². The standard InChI is InChI=1S/C17H21N3O3.C13H14N2O3.C12H13N3O4.2C12H14N2O3.C7H12N2O3/c18-16-17(23)20(10-14(21)22)13-9-5-4-8-12(13)15(19-16)11-6-2-1-3-7-11;14-9-5-4-7-2-1-3-8-6-10(13(17)18)15(11(7)8)12(9)16;13-5-6-14-11(18)8-3-1-2-4-9(8)15(12(14)19)7-10(16)17;13-10-5-8-3-1-2-4-9(8)6-14(12(10)17)7-11(15)16;13-9-6-5-8-3-1-2-4-10(8)14(12(9)17)7-11(15)16;8-5-2-1-3-9(7(5)12)4-6(10)11/h4-5,8-9,11,16H,1-3,6-7,10,18H2,(H,21,22);1-3,9-10H,4-6,14H2,(H,17,18);1-4H,5-7,13H2,(H,16,17);1-4,10H,5-7,13H2,(H,15,16);1-4,9H,5-7,13H2,(H,15,16);5H,1-4,8H2,(H,10,11)/t;9-,10-;;10-;;/m.0.0../s1. The fraction of sp³-hybridized carbons (Fsp3) is 0.397. The number of aryl methyl sites for hydroxylation is 2. The van der Waals surface area contributed by atoms with Gasteiger partial charge in [0.05, 0.1) is 46.4 Å². The lowest BCUT2D eigenvalue weighted by atomic mass is 9.83. The zero-order chi connectivity index (χ0) is 77.2. The molecule has 33 heteroatoms. The lowest BCUT2D eigenvalue weighted by Gasteiger charge is -2.28. The van der Waals surface area contributed by atoms with E-state index in [1.165, 1.54) is 30.9 Å². The molecule has 7 heterocycles. The van der Waals surface area contributed by atoms with E-state index in [9.17, 15) is 67.4 Å². The average Bonchev–Trinajstić information content (AvgIpc) is 1.61. The minimum atomic E-state index is -1.15. The Morgan fingerprint density at radius 2 is 0.972 bits per heavy atom. The van der Waals surface area contributed by atoms with Crippen molar-refractivity contribution in [3.8, 4) is 0 Å². The first kappa shape index (κ1) is 80.3. The average molecular weight is 1470 g/mol. The van der Waals surface area contributed by atoms with Gasteiger partial charge >= 0.3 is 41.5 Å². The topological polar surface area (TPSA) is 538 Å². The summed E-state index contributed by atoms with van der Waals surface area (Å²) < 4.78 is 2.03. The molecule has 7 aliphatic rings. The molecule has 18 N–H and O–H groups in total. The van der Waals surface area contributed by atoms with Gasteiger partial charge in [0, 0.05) is 55.5 Å². The number of anilines is 3. The number of carbonyl (C=O) groups excluding carboxylic acids is 5. The number of aromatic nitrogens is 2. The second-order valence-corrected chi connectivity index (χ2v) is 26.2. The Morgan fingerprint density at radius 3 is 1.60 bits per heavy atom. The number of hydrogen-bond donors (Lipinski definition) is 12. The number of para-hydroxylation sites is 4. The summed E-state index contributed by atoms with van der Waals surface area (Å²) in [5, 5.41) is 53.6. The number of carbonyl (C=O) groups is 11. The van der Waals surface area contributed by atoms with Crippen LogP contribution in [-0.4, -0.2) is 196 Å². The molecule has 0 radical (unpaired) electrons. The molecular formula is C73H88N14O19. The maximum absolute atomic E-state index is 12.5. The third kappa shape index (κ3) is 19.9. The summed E-state index contributed by atoms with van der Waals surface area (Å²) in [5.74, 6) is -7.56. The summed E-state index contributed by atoms with van der Waals surface area (Å²) in [6, 6.07) is 31.2. The monoisotopic (exact) mass is 1460 g/mol. The van der Waals surface area contributed by atoms with Crippen LogP contribution in [0, 0.1) is 5.92 Å². The third-order valence-corrected chi connectivity index (χ3v) is 18.7. The molecule has 1 aromatic heterocycles. The summed E-state index contributed by atoms with van der Waals surface area (Å²) in [6.07, 6.45) is 9.36. The van der Waals surface area contributed by atoms with E-state index in [1.54, 1.807) is 48.5 Å². The number of hydrogen-bond acceptors (Lipinski definition) is 20. The summed E-state index contributed by atoms with van der Waals surface area (Å²) >= 11 is 0. The summed E-state index contributed by atoms with van der Waals surface area (Å²) in [4.78, 5) is 160. The van der Waals surface area contributed by atoms with Crippen LogP contribution in [-0.2, 0) is 98.1 Å². The molecule has 1 aliphatic carbocycles. The molecule has 0 bridgehead atoms. The third-order valence-electron chi connectivity index (χ3n) is 18.7. The van der Waals surface area contributed by atoms with Gasteiger partial charge < -0.3 is 74.8 Å². The fourth-order valence-electron chi connectivity index (χ4n) is 13.7. The second kappa shape index (κ2) is 36.9. The van der Waals surface area contributed by atoms with Gasteiger partial charge in [0.1, 0.15) is 38.8 Å². The number of aliphatic imine (C=N–C) groups is 1. The molecule has 6 atom stereocenters. The number of benzene rings is 5. The van der Waals surface area contributed by atoms with Gasteiger partial charge in [-0.25, -0.2) is 9.59 Å². The van der Waals surface area contributed by atoms with Crippen LogP contribution < -0.4 is 60.4 Å². The van der Waals surface area contributed by atoms with Gasteiger partial charge in [-0.2, -0.15) is 0 Å². The van der Waals surface area contributed by atoms with E-state index in [1.807, 2.05) is 66.7 Å². The lowest BCUT2D eigenvalue weighted by molar-refractivity contribution is -0.146. The molecule has 0 spiro atoms. The molecule has 6 aromatic rings. The first-order chi connectivity index (χ1) is 50.5. The summed E-state index contributed by atoms with van der Waals surface area (Å²) in [5.41, 5.74) is 42.0. The number of likely N-dealkylation sites (tertiary alicyclic amines) is 1. The Balaban J connectivity index is 0.000000162. The summed E-state index contributed by atoms with van der Waals surface area (Å²) in [6.45, 7) is -0.769. The van der Waals surface area contributed by atoms with Crippen molar-refractivity contribution in [2.24, 2.45) is 45.3 Å². The Morgan fingerprint density at radius 1 is 0.453 bits per heavy atom. The van der Waals surface area contributed by atoms with E-state index in [-0.39, 0.29) is 62.3 Å². The van der Waals surface area contributed by atoms with Crippen molar-refractivity contribution in [1.82, 2.24) is 18.9 Å². The van der Waals surface area contributed by atoms with E-state index < -0.39 is 102 Å². The van der Waals surface area contributed by atoms with Crippen molar-refractivity contribution in [2.75, 3.05) is 54.0 Å². The maximum atomic E-state index is 12.5. The van der Waals surface area contributed by atoms with Gasteiger partial charge in [0.25, 0.3) is 11.5 Å². The largest absolute Gasteiger partial charge is 0.480 e. The number of rotatable bonds is 14. The highest BCUT2D eigenvalue weighted by Gasteiger charge is 2.43. The number of carboxylic acids is 6. The van der Waals surface area contributed by atoms with Gasteiger partial charge in [0.15, 0.2) is 6.17 Å². The number of carboxylic acid groups (broad SMARTS) is 6. The van der Waals surface area contributed by atoms with Gasteiger partial charge in [-0.15, -0.1) is 0 Å². The zero-order valence-electron chi connectivity index (χ0n) is 58.1. The molecule has 564 valence electrons. The molecule has 3 unspecified atom stereocenters. The first-order valence-corrected chi connectivity index (χ1v) is 34.5. The highest BCUT2D eigenvalue weighted by atomic mass is 16.4. The van der Waals surface area contributed by atoms with Crippen LogP contribution in [0.1, 0.15) is 91.2 Å². The Bertz CT molecular complexity index is 4460. The van der Waals surface area contributed by atoms with Gasteiger partial charge in [-0.05, 0) is 110 Å². The smallest absolute Gasteiger partial charge is 0.332 e. The molecule has 5 aromatic carbocycles. The highest BCUT2D eigenvalue weighted by Crippen LogP contribution is 2.39. The Kier molecular flexibility index (Phi) is 27.9. The Hall–Kier alpha value is -11.4. The van der Waals surface area contributed by atoms with Crippen LogP contribution in [0.4, 0.5) is 17.1 Å². The number of aliphatic carboxylic acids is 6. The SMILES string of the molecule is NC1CCCN(CC(=O)O)C1=O.NC1CCc2ccccc2N(CC(=O)O)C1=O.NC1N=C(C2CCCCC2)c2ccccc2N(CC(=O)O)C1=O.NCCn1c(=O)c2ccccc2n(CC(=O)O)c1=O.N[C@H]1CCc2cccc3c2N(C1=O)[C@H](C(=O)O)C3.N[C@H]1Cc2ccccc2CN(CC(=O)O)C1=O. The number of nitrogens with zero attached hydrogens (tertiary/aromatic N) is 8. The van der Waals surface area contributed by atoms with Crippen molar-refractivity contribution < 1.29 is 83.4 Å². The predicted octanol–water partition coefficient (Wildman–Crippen LogP) is 0.662. The van der Waals surface area contributed by atoms with E-state index in [0.29, 0.717) is 73.9 Å². The molecule has 33 nitrogen and oxygen atoms in total. The van der Waals surface area contributed by atoms with Crippen molar-refractivity contribution in [1.29, 1.82) is 0 Å². The van der Waals surface area contributed by atoms with E-state index in [0.717, 1.165) is 92.4 Å². The molecule has 106 heavy (non-hydrogen) atoms. The first-order valence-electron chi connectivity index (χ1n) is 34.5. The van der Waals surface area contributed by atoms with Crippen LogP contribution in [0.2, 0.25) is 0 Å². The van der Waals surface area contributed by atoms with Crippen molar-refractivity contribution in [3.05, 3.63) is 169 Å². The van der Waals surface area contributed by atoms with Crippen LogP contribution in [0.15, 0.2) is 130 Å². The molecule has 6 aliphatic heterocycles. The predicted molar refractivity (Wildman–Crippen MR) is 387 cm³/mol. The normalized spacial score (nSPS) is 20.2. The van der Waals surface area contributed by atoms with Crippen molar-refractivity contribution in [3.63, 3.8) is 0 Å². The summed E-state index contributed by atoms with van der Waals surface area (Å²) in [7, 11) is 0. The number of piperidine rings is 1. The van der Waals surface area contributed by atoms with E-state index in [4.69, 9.17) is 59.9 Å². The molecule has 1 saturated heterocycles. The molecule has 1 saturated carbocycles. The number of nitrogens with two attached hydrogens (primary N) is 6. The minimum absolute atomic E-state index is 0.0577. The van der Waals surface area contributed by atoms with E-state index >= 15 is 0 Å². The minimum Gasteiger partial charge on any atom is -0.480 e. The lowest BCUT2D eigenvalue weighted by Crippen LogP contribution is -2.49. The highest BCUT2D eigenvalue weighted by molar-refractivity contribution is 6.14. The molecular weight excluding hydrogens is 1380 g/mol. The van der Waals surface area contributed by atoms with Crippen LogP contribution in [0.3, 0.4) is 0 Å². The maximum Gasteiger partial charge on any atom is 0.332 e. The van der Waals surface area contributed by atoms with Gasteiger partial charge in [-0.1, -0.05) is 110 Å². The quantitative estimate of drug-likeness (QED) is 0.0713. The molecule has 13 rings (SSSR count). The number of benzodiazepines with no additional fused rings is 1. The van der Waals surface area contributed by atoms with Crippen LogP contribution in [0.5, 0.6) is 0 Å². The molecule has 5 amide bonds. The van der Waals surface area contributed by atoms with Crippen LogP contribution in [0.25, 0.3) is 10.9 Å². The zero-order valence-corrected chi connectivity index (χ0v) is 58.1. The number of amides is 5. The second-order valence-electron chi connectivity index (χ2n) is 26.2. The number of fused-ring (bicyclic) bond motifs is 4.